The molecule has 0 radical (unpaired) electrons. The van der Waals surface area contributed by atoms with Crippen molar-refractivity contribution in [2.75, 3.05) is 18.0 Å². The van der Waals surface area contributed by atoms with Gasteiger partial charge in [0.25, 0.3) is 0 Å². The van der Waals surface area contributed by atoms with Crippen molar-refractivity contribution in [1.82, 2.24) is 9.88 Å². The number of hydrogen-bond donors (Lipinski definition) is 1. The van der Waals surface area contributed by atoms with E-state index in [9.17, 15) is 18.4 Å². The van der Waals surface area contributed by atoms with E-state index < -0.39 is 23.8 Å². The van der Waals surface area contributed by atoms with Crippen LogP contribution in [0, 0.1) is 17.6 Å². The van der Waals surface area contributed by atoms with Crippen molar-refractivity contribution in [1.29, 1.82) is 0 Å². The highest BCUT2D eigenvalue weighted by Gasteiger charge is 2.35. The van der Waals surface area contributed by atoms with Crippen LogP contribution in [-0.2, 0) is 9.53 Å². The van der Waals surface area contributed by atoms with Gasteiger partial charge in [-0.15, -0.1) is 0 Å². The van der Waals surface area contributed by atoms with Crippen LogP contribution >= 0.6 is 11.8 Å². The van der Waals surface area contributed by atoms with Gasteiger partial charge in [0.1, 0.15) is 11.8 Å². The van der Waals surface area contributed by atoms with Crippen LogP contribution in [0.25, 0.3) is 5.69 Å². The summed E-state index contributed by atoms with van der Waals surface area (Å²) in [7, 11) is 0. The molecule has 5 rings (SSSR count). The smallest absolute Gasteiger partial charge is 0.414 e. The van der Waals surface area contributed by atoms with Gasteiger partial charge in [-0.2, -0.15) is 0 Å². The monoisotopic (exact) mass is 405 g/mol. The summed E-state index contributed by atoms with van der Waals surface area (Å²) in [5.41, 5.74) is -0.0796. The van der Waals surface area contributed by atoms with Crippen molar-refractivity contribution in [2.45, 2.75) is 35.2 Å². The molecule has 2 aliphatic heterocycles. The fourth-order valence-electron chi connectivity index (χ4n) is 3.51. The molecule has 1 aromatic carbocycles. The molecule has 2 fully saturated rings. The van der Waals surface area contributed by atoms with Crippen molar-refractivity contribution in [2.24, 2.45) is 5.92 Å². The number of rotatable bonds is 5. The van der Waals surface area contributed by atoms with Crippen molar-refractivity contribution in [3.05, 3.63) is 36.2 Å². The predicted octanol–water partition coefficient (Wildman–Crippen LogP) is 3.46. The van der Waals surface area contributed by atoms with Crippen molar-refractivity contribution >= 4 is 29.4 Å². The Balaban J connectivity index is 1.29. The van der Waals surface area contributed by atoms with E-state index in [1.807, 2.05) is 0 Å². The van der Waals surface area contributed by atoms with Gasteiger partial charge < -0.3 is 14.6 Å². The Kier molecular flexibility index (Phi) is 4.08. The van der Waals surface area contributed by atoms with Gasteiger partial charge in [-0.3, -0.25) is 9.69 Å². The molecule has 28 heavy (non-hydrogen) atoms. The minimum Gasteiger partial charge on any atom is -0.442 e. The summed E-state index contributed by atoms with van der Waals surface area (Å²) in [5, 5.41) is 2.78. The number of nitrogens with one attached hydrogen (secondary N) is 1. The quantitative estimate of drug-likeness (QED) is 0.661. The zero-order valence-electron chi connectivity index (χ0n) is 14.8. The molecule has 1 saturated heterocycles. The molecular weight excluding hydrogens is 388 g/mol. The molecule has 3 aliphatic rings. The lowest BCUT2D eigenvalue weighted by Gasteiger charge is -2.24. The van der Waals surface area contributed by atoms with Gasteiger partial charge in [0.15, 0.2) is 11.6 Å². The molecule has 1 N–H and O–H groups in total. The van der Waals surface area contributed by atoms with E-state index in [1.54, 1.807) is 24.2 Å². The molecule has 2 amide bonds. The van der Waals surface area contributed by atoms with E-state index >= 15 is 0 Å². The molecule has 0 bridgehead atoms. The molecule has 146 valence electrons. The number of amides is 2. The summed E-state index contributed by atoms with van der Waals surface area (Å²) in [5.74, 6) is -1.51. The van der Waals surface area contributed by atoms with Crippen molar-refractivity contribution < 1.29 is 23.1 Å². The third-order valence-electron chi connectivity index (χ3n) is 5.36. The number of nitrogens with zero attached hydrogens (tertiary/aromatic N) is 2. The maximum absolute atomic E-state index is 14.6. The highest BCUT2D eigenvalue weighted by molar-refractivity contribution is 8.05. The summed E-state index contributed by atoms with van der Waals surface area (Å²) >= 11 is 1.56. The molecule has 1 unspecified atom stereocenters. The normalized spacial score (nSPS) is 20.6. The molecule has 9 heteroatoms. The predicted molar refractivity (Wildman–Crippen MR) is 97.8 cm³/mol. The lowest BCUT2D eigenvalue weighted by atomic mass is 9.85. The van der Waals surface area contributed by atoms with Gasteiger partial charge in [-0.25, -0.2) is 13.6 Å². The number of anilines is 1. The van der Waals surface area contributed by atoms with Crippen LogP contribution in [0.4, 0.5) is 19.3 Å². The lowest BCUT2D eigenvalue weighted by molar-refractivity contribution is -0.127. The number of ether oxygens (including phenoxy) is 1. The Morgan fingerprint density at radius 2 is 1.89 bits per heavy atom. The zero-order valence-corrected chi connectivity index (χ0v) is 15.6. The highest BCUT2D eigenvalue weighted by atomic mass is 32.2. The molecule has 1 atom stereocenters. The molecule has 0 spiro atoms. The first kappa shape index (κ1) is 17.5. The van der Waals surface area contributed by atoms with Crippen molar-refractivity contribution in [3.8, 4) is 5.69 Å². The van der Waals surface area contributed by atoms with Gasteiger partial charge in [0.2, 0.25) is 5.91 Å². The van der Waals surface area contributed by atoms with E-state index in [2.05, 4.69) is 5.32 Å². The maximum atomic E-state index is 14.6. The summed E-state index contributed by atoms with van der Waals surface area (Å²) in [6.07, 6.45) is 4.93. The third kappa shape index (κ3) is 3.03. The second-order valence-corrected chi connectivity index (χ2v) is 8.33. The first-order chi connectivity index (χ1) is 13.5. The maximum Gasteiger partial charge on any atom is 0.414 e. The van der Waals surface area contributed by atoms with Gasteiger partial charge in [0.05, 0.1) is 18.8 Å². The molecule has 3 heterocycles. The summed E-state index contributed by atoms with van der Waals surface area (Å²) in [6, 6.07) is 2.26. The Morgan fingerprint density at radius 3 is 2.50 bits per heavy atom. The molecule has 1 aromatic heterocycles. The Labute approximate surface area is 163 Å². The van der Waals surface area contributed by atoms with Crippen LogP contribution in [0.3, 0.4) is 0 Å². The fraction of sp³-hybridized carbons (Fsp3) is 0.368. The number of carbonyl (C=O) groups is 2. The summed E-state index contributed by atoms with van der Waals surface area (Å²) in [6.45, 7) is 0.309. The van der Waals surface area contributed by atoms with Crippen LogP contribution in [0.15, 0.2) is 34.3 Å². The largest absolute Gasteiger partial charge is 0.442 e. The number of aromatic nitrogens is 1. The minimum atomic E-state index is -0.760. The average molecular weight is 405 g/mol. The molecule has 1 saturated carbocycles. The average Bonchev–Trinajstić information content (AvgIpc) is 3.03. The summed E-state index contributed by atoms with van der Waals surface area (Å²) < 4.78 is 35.8. The Morgan fingerprint density at radius 1 is 1.21 bits per heavy atom. The second kappa shape index (κ2) is 6.51. The van der Waals surface area contributed by atoms with Crippen LogP contribution in [0.5, 0.6) is 0 Å². The van der Waals surface area contributed by atoms with E-state index in [0.717, 1.165) is 41.2 Å². The van der Waals surface area contributed by atoms with Gasteiger partial charge >= 0.3 is 6.09 Å². The van der Waals surface area contributed by atoms with Crippen LogP contribution in [0.2, 0.25) is 0 Å². The number of fused-ring (bicyclic) bond motifs is 1. The lowest BCUT2D eigenvalue weighted by Crippen LogP contribution is -2.40. The molecular formula is C19H17F2N3O3S. The van der Waals surface area contributed by atoms with Gasteiger partial charge in [-0.1, -0.05) is 18.2 Å². The van der Waals surface area contributed by atoms with E-state index in [1.165, 1.54) is 9.47 Å². The van der Waals surface area contributed by atoms with Crippen LogP contribution in [-0.4, -0.2) is 35.8 Å². The van der Waals surface area contributed by atoms with Crippen LogP contribution < -0.4 is 10.2 Å². The highest BCUT2D eigenvalue weighted by Crippen LogP contribution is 2.49. The molecule has 6 nitrogen and oxygen atoms in total. The Bertz CT molecular complexity index is 946. The first-order valence-electron chi connectivity index (χ1n) is 9.15. The van der Waals surface area contributed by atoms with E-state index in [-0.39, 0.29) is 36.3 Å². The second-order valence-electron chi connectivity index (χ2n) is 7.24. The fourth-order valence-corrected chi connectivity index (χ4v) is 4.14. The Hall–Kier alpha value is -2.55. The molecule has 2 aromatic rings. The number of cyclic esters (lactones) is 1. The number of carbonyl (C=O) groups excluding carboxylic acids is 2. The number of halogens is 2. The van der Waals surface area contributed by atoms with Crippen molar-refractivity contribution in [3.63, 3.8) is 0 Å². The summed E-state index contributed by atoms with van der Waals surface area (Å²) in [4.78, 5) is 27.3. The molecule has 1 aliphatic carbocycles. The third-order valence-corrected chi connectivity index (χ3v) is 6.25. The van der Waals surface area contributed by atoms with Crippen LogP contribution in [0.1, 0.15) is 19.3 Å². The minimum absolute atomic E-state index is 0.0349. The zero-order chi connectivity index (χ0) is 19.4. The van der Waals surface area contributed by atoms with Gasteiger partial charge in [0, 0.05) is 40.2 Å². The van der Waals surface area contributed by atoms with E-state index in [0.29, 0.717) is 0 Å². The standard InChI is InChI=1S/C19H17F2N3O3S/c20-13-4-11(5-14(21)17(13)23-8-15-16(9-23)28-15)24-7-12(27-19(24)26)6-22-18(25)10-2-1-3-10/h4-5,8-10,12H,1-3,6-7H2,(H,22,25). The number of hydrogen-bond acceptors (Lipinski definition) is 4. The van der Waals surface area contributed by atoms with E-state index in [4.69, 9.17) is 4.74 Å². The topological polar surface area (TPSA) is 63.6 Å². The first-order valence-corrected chi connectivity index (χ1v) is 9.96. The SMILES string of the molecule is O=C(NCC1CN(c2cc(F)c(-n3cc4c(c3)S4)c(F)c2)C(=O)O1)C1CCC1. The number of benzene rings is 1. The van der Waals surface area contributed by atoms with Gasteiger partial charge in [-0.05, 0) is 12.8 Å².